The molecule has 8 nitrogen and oxygen atoms in total. The van der Waals surface area contributed by atoms with Crippen molar-refractivity contribution in [2.75, 3.05) is 45.6 Å². The van der Waals surface area contributed by atoms with Crippen LogP contribution in [0.15, 0.2) is 0 Å². The zero-order valence-electron chi connectivity index (χ0n) is 13.0. The van der Waals surface area contributed by atoms with Gasteiger partial charge in [0.2, 0.25) is 15.9 Å². The van der Waals surface area contributed by atoms with Crippen molar-refractivity contribution in [3.8, 4) is 0 Å². The number of nitrogens with zero attached hydrogens (tertiary/aromatic N) is 2. The summed E-state index contributed by atoms with van der Waals surface area (Å²) >= 11 is 0. The number of sulfonamides is 1. The number of hydrogen-bond donors (Lipinski definition) is 1. The predicted octanol–water partition coefficient (Wildman–Crippen LogP) is -1.22. The lowest BCUT2D eigenvalue weighted by atomic mass is 10.0. The first-order valence-electron chi connectivity index (χ1n) is 7.37. The van der Waals surface area contributed by atoms with E-state index in [1.54, 1.807) is 11.8 Å². The van der Waals surface area contributed by atoms with E-state index in [0.717, 1.165) is 19.2 Å². The normalized spacial score (nSPS) is 27.2. The smallest absolute Gasteiger partial charge is 0.253 e. The Hall–Kier alpha value is -1.19. The third kappa shape index (κ3) is 3.96. The van der Waals surface area contributed by atoms with Crippen molar-refractivity contribution in [2.24, 2.45) is 0 Å². The summed E-state index contributed by atoms with van der Waals surface area (Å²) < 4.78 is 30.0. The number of rotatable bonds is 5. The number of hydrogen-bond acceptors (Lipinski definition) is 5. The zero-order valence-corrected chi connectivity index (χ0v) is 13.8. The molecule has 22 heavy (non-hydrogen) atoms. The van der Waals surface area contributed by atoms with Crippen LogP contribution in [0, 0.1) is 0 Å². The lowest BCUT2D eigenvalue weighted by Gasteiger charge is -2.38. The maximum absolute atomic E-state index is 12.3. The van der Waals surface area contributed by atoms with Gasteiger partial charge in [-0.25, -0.2) is 8.42 Å². The fourth-order valence-electron chi connectivity index (χ4n) is 2.69. The summed E-state index contributed by atoms with van der Waals surface area (Å²) in [5, 5.41) is 2.73. The van der Waals surface area contributed by atoms with Crippen LogP contribution >= 0.6 is 0 Å². The summed E-state index contributed by atoms with van der Waals surface area (Å²) in [7, 11) is -3.35. The Kier molecular flexibility index (Phi) is 5.08. The van der Waals surface area contributed by atoms with E-state index in [9.17, 15) is 18.0 Å². The Morgan fingerprint density at radius 3 is 2.73 bits per heavy atom. The molecule has 2 aliphatic rings. The van der Waals surface area contributed by atoms with E-state index in [4.69, 9.17) is 4.74 Å². The Morgan fingerprint density at radius 1 is 1.41 bits per heavy atom. The van der Waals surface area contributed by atoms with Gasteiger partial charge < -0.3 is 15.0 Å². The van der Waals surface area contributed by atoms with Crippen molar-refractivity contribution in [1.82, 2.24) is 14.5 Å². The van der Waals surface area contributed by atoms with Crippen molar-refractivity contribution in [3.05, 3.63) is 0 Å². The molecule has 0 aromatic rings. The van der Waals surface area contributed by atoms with E-state index < -0.39 is 15.6 Å². The van der Waals surface area contributed by atoms with E-state index in [2.05, 4.69) is 5.32 Å². The second kappa shape index (κ2) is 6.51. The molecule has 2 rings (SSSR count). The molecule has 2 heterocycles. The van der Waals surface area contributed by atoms with Gasteiger partial charge in [-0.05, 0) is 13.3 Å². The first-order valence-corrected chi connectivity index (χ1v) is 9.22. The van der Waals surface area contributed by atoms with Gasteiger partial charge in [-0.3, -0.25) is 9.59 Å². The molecule has 0 aromatic carbocycles. The topological polar surface area (TPSA) is 96.0 Å². The average molecular weight is 333 g/mol. The molecule has 1 atom stereocenters. The molecule has 2 saturated heterocycles. The average Bonchev–Trinajstić information content (AvgIpc) is 2.83. The lowest BCUT2D eigenvalue weighted by molar-refractivity contribution is -0.152. The fourth-order valence-corrected chi connectivity index (χ4v) is 3.57. The lowest BCUT2D eigenvalue weighted by Crippen LogP contribution is -2.59. The van der Waals surface area contributed by atoms with Crippen LogP contribution in [0.1, 0.15) is 19.8 Å². The number of carbonyl (C=O) groups excluding carboxylic acids is 2. The second-order valence-corrected chi connectivity index (χ2v) is 7.90. The molecule has 0 aromatic heterocycles. The van der Waals surface area contributed by atoms with E-state index in [1.807, 2.05) is 0 Å². The molecule has 0 radical (unpaired) electrons. The maximum Gasteiger partial charge on any atom is 0.253 e. The molecule has 126 valence electrons. The van der Waals surface area contributed by atoms with Gasteiger partial charge in [-0.2, -0.15) is 4.31 Å². The molecular formula is C13H23N3O5S. The van der Waals surface area contributed by atoms with Gasteiger partial charge >= 0.3 is 0 Å². The van der Waals surface area contributed by atoms with Crippen LogP contribution in [0.5, 0.6) is 0 Å². The van der Waals surface area contributed by atoms with Crippen molar-refractivity contribution >= 4 is 21.8 Å². The minimum atomic E-state index is -3.35. The SMILES string of the molecule is CC1(C(=O)NCCN2CCCC2=O)CN(S(C)(=O)=O)CCO1. The number of likely N-dealkylation sites (tertiary alicyclic amines) is 1. The number of amides is 2. The summed E-state index contributed by atoms with van der Waals surface area (Å²) in [5.41, 5.74) is -1.20. The third-order valence-corrected chi connectivity index (χ3v) is 5.28. The van der Waals surface area contributed by atoms with Gasteiger partial charge in [0.15, 0.2) is 5.60 Å². The number of carbonyl (C=O) groups is 2. The molecule has 2 aliphatic heterocycles. The highest BCUT2D eigenvalue weighted by atomic mass is 32.2. The van der Waals surface area contributed by atoms with Crippen LogP contribution in [-0.4, -0.2) is 80.6 Å². The third-order valence-electron chi connectivity index (χ3n) is 4.03. The minimum Gasteiger partial charge on any atom is -0.363 e. The van der Waals surface area contributed by atoms with Gasteiger partial charge in [0.05, 0.1) is 19.4 Å². The Morgan fingerprint density at radius 2 is 2.14 bits per heavy atom. The molecule has 0 aliphatic carbocycles. The van der Waals surface area contributed by atoms with Gasteiger partial charge in [0.1, 0.15) is 0 Å². The quantitative estimate of drug-likeness (QED) is 0.680. The number of morpholine rings is 1. The molecule has 2 amide bonds. The van der Waals surface area contributed by atoms with Gasteiger partial charge in [-0.1, -0.05) is 0 Å². The fraction of sp³-hybridized carbons (Fsp3) is 0.846. The molecule has 0 saturated carbocycles. The minimum absolute atomic E-state index is 0.000309. The first-order chi connectivity index (χ1) is 10.2. The summed E-state index contributed by atoms with van der Waals surface area (Å²) in [6.45, 7) is 3.55. The number of ether oxygens (including phenoxy) is 1. The standard InChI is InChI=1S/C13H23N3O5S/c1-13(10-16(8-9-21-13)22(2,19)20)12(18)14-5-7-15-6-3-4-11(15)17/h3-10H2,1-2H3,(H,14,18). The summed E-state index contributed by atoms with van der Waals surface area (Å²) in [4.78, 5) is 25.5. The van der Waals surface area contributed by atoms with E-state index in [1.165, 1.54) is 4.31 Å². The molecule has 1 unspecified atom stereocenters. The predicted molar refractivity (Wildman–Crippen MR) is 79.6 cm³/mol. The van der Waals surface area contributed by atoms with Crippen LogP contribution in [0.2, 0.25) is 0 Å². The summed E-state index contributed by atoms with van der Waals surface area (Å²) in [6.07, 6.45) is 2.55. The molecule has 1 N–H and O–H groups in total. The molecule has 9 heteroatoms. The van der Waals surface area contributed by atoms with Crippen molar-refractivity contribution in [2.45, 2.75) is 25.4 Å². The highest BCUT2D eigenvalue weighted by Crippen LogP contribution is 2.19. The van der Waals surface area contributed by atoms with Gasteiger partial charge in [-0.15, -0.1) is 0 Å². The van der Waals surface area contributed by atoms with Crippen LogP contribution < -0.4 is 5.32 Å². The maximum atomic E-state index is 12.3. The van der Waals surface area contributed by atoms with Gasteiger partial charge in [0, 0.05) is 32.6 Å². The largest absolute Gasteiger partial charge is 0.363 e. The van der Waals surface area contributed by atoms with E-state index in [-0.39, 0.29) is 31.5 Å². The van der Waals surface area contributed by atoms with E-state index in [0.29, 0.717) is 19.5 Å². The molecule has 0 spiro atoms. The molecule has 0 bridgehead atoms. The monoisotopic (exact) mass is 333 g/mol. The summed E-state index contributed by atoms with van der Waals surface area (Å²) in [5.74, 6) is -0.245. The highest BCUT2D eigenvalue weighted by Gasteiger charge is 2.41. The van der Waals surface area contributed by atoms with Crippen molar-refractivity contribution < 1.29 is 22.7 Å². The summed E-state index contributed by atoms with van der Waals surface area (Å²) in [6, 6.07) is 0. The van der Waals surface area contributed by atoms with Crippen molar-refractivity contribution in [1.29, 1.82) is 0 Å². The Labute approximate surface area is 130 Å². The zero-order chi connectivity index (χ0) is 16.4. The Bertz CT molecular complexity index is 550. The number of nitrogens with one attached hydrogen (secondary N) is 1. The van der Waals surface area contributed by atoms with Crippen LogP contribution in [-0.2, 0) is 24.3 Å². The Balaban J connectivity index is 1.86. The van der Waals surface area contributed by atoms with Crippen LogP contribution in [0.25, 0.3) is 0 Å². The highest BCUT2D eigenvalue weighted by molar-refractivity contribution is 7.88. The molecular weight excluding hydrogens is 310 g/mol. The second-order valence-electron chi connectivity index (χ2n) is 5.92. The van der Waals surface area contributed by atoms with Crippen LogP contribution in [0.3, 0.4) is 0 Å². The first kappa shape index (κ1) is 17.2. The molecule has 2 fully saturated rings. The van der Waals surface area contributed by atoms with E-state index >= 15 is 0 Å². The van der Waals surface area contributed by atoms with Crippen molar-refractivity contribution in [3.63, 3.8) is 0 Å². The van der Waals surface area contributed by atoms with Gasteiger partial charge in [0.25, 0.3) is 5.91 Å². The van der Waals surface area contributed by atoms with Crippen LogP contribution in [0.4, 0.5) is 0 Å².